The highest BCUT2D eigenvalue weighted by Crippen LogP contribution is 2.14. The van der Waals surface area contributed by atoms with Gasteiger partial charge in [0.05, 0.1) is 5.56 Å². The van der Waals surface area contributed by atoms with Crippen LogP contribution in [-0.2, 0) is 6.42 Å². The van der Waals surface area contributed by atoms with Crippen LogP contribution in [0.1, 0.15) is 28.4 Å². The number of nitrogens with one attached hydrogen (secondary N) is 1. The van der Waals surface area contributed by atoms with Gasteiger partial charge >= 0.3 is 0 Å². The number of carbonyl (C=O) groups is 1. The second-order valence-corrected chi connectivity index (χ2v) is 5.30. The first kappa shape index (κ1) is 15.0. The Balaban J connectivity index is 2.01. The average molecular weight is 286 g/mol. The summed E-state index contributed by atoms with van der Waals surface area (Å²) in [5.41, 5.74) is 8.74. The van der Waals surface area contributed by atoms with Crippen molar-refractivity contribution in [1.29, 1.82) is 0 Å². The van der Waals surface area contributed by atoms with E-state index < -0.39 is 0 Å². The van der Waals surface area contributed by atoms with Gasteiger partial charge in [-0.25, -0.2) is 4.39 Å². The molecule has 3 N–H and O–H groups in total. The monoisotopic (exact) mass is 286 g/mol. The first-order valence-electron chi connectivity index (χ1n) is 6.87. The van der Waals surface area contributed by atoms with E-state index in [1.165, 1.54) is 12.1 Å². The van der Waals surface area contributed by atoms with E-state index in [1.54, 1.807) is 24.3 Å². The molecule has 0 heterocycles. The fourth-order valence-corrected chi connectivity index (χ4v) is 2.19. The molecule has 1 unspecified atom stereocenters. The van der Waals surface area contributed by atoms with Gasteiger partial charge in [0.15, 0.2) is 0 Å². The fourth-order valence-electron chi connectivity index (χ4n) is 2.19. The Bertz CT molecular complexity index is 638. The second-order valence-electron chi connectivity index (χ2n) is 5.30. The van der Waals surface area contributed by atoms with Gasteiger partial charge in [-0.1, -0.05) is 23.8 Å². The van der Waals surface area contributed by atoms with Crippen molar-refractivity contribution in [1.82, 2.24) is 5.32 Å². The lowest BCUT2D eigenvalue weighted by Crippen LogP contribution is -2.34. The molecule has 4 heteroatoms. The van der Waals surface area contributed by atoms with Crippen molar-refractivity contribution in [3.8, 4) is 0 Å². The molecular formula is C17H19FN2O. The number of benzene rings is 2. The summed E-state index contributed by atoms with van der Waals surface area (Å²) >= 11 is 0. The minimum atomic E-state index is -0.261. The Labute approximate surface area is 124 Å². The van der Waals surface area contributed by atoms with Crippen molar-refractivity contribution < 1.29 is 9.18 Å². The van der Waals surface area contributed by atoms with E-state index in [-0.39, 0.29) is 17.8 Å². The van der Waals surface area contributed by atoms with Crippen molar-refractivity contribution in [2.75, 3.05) is 5.73 Å². The topological polar surface area (TPSA) is 55.1 Å². The molecule has 110 valence electrons. The largest absolute Gasteiger partial charge is 0.398 e. The van der Waals surface area contributed by atoms with Gasteiger partial charge in [0.2, 0.25) is 0 Å². The summed E-state index contributed by atoms with van der Waals surface area (Å²) in [5, 5.41) is 2.91. The summed E-state index contributed by atoms with van der Waals surface area (Å²) in [6.45, 7) is 3.82. The van der Waals surface area contributed by atoms with Crippen molar-refractivity contribution in [3.05, 3.63) is 65.0 Å². The molecule has 21 heavy (non-hydrogen) atoms. The second kappa shape index (κ2) is 6.39. The molecule has 1 atom stereocenters. The Morgan fingerprint density at radius 1 is 1.24 bits per heavy atom. The number of hydrogen-bond donors (Lipinski definition) is 2. The Hall–Kier alpha value is -2.36. The fraction of sp³-hybridized carbons (Fsp3) is 0.235. The van der Waals surface area contributed by atoms with Gasteiger partial charge in [0.1, 0.15) is 5.82 Å². The molecule has 0 aromatic heterocycles. The lowest BCUT2D eigenvalue weighted by Gasteiger charge is -2.15. The van der Waals surface area contributed by atoms with Crippen LogP contribution in [0, 0.1) is 12.7 Å². The SMILES string of the molecule is Cc1ccc(N)c(C(=O)NC(C)Cc2ccc(F)cc2)c1. The van der Waals surface area contributed by atoms with Gasteiger partial charge in [-0.3, -0.25) is 4.79 Å². The molecule has 0 aliphatic carbocycles. The maximum absolute atomic E-state index is 12.9. The predicted octanol–water partition coefficient (Wildman–Crippen LogP) is 3.08. The van der Waals surface area contributed by atoms with Crippen LogP contribution in [-0.4, -0.2) is 11.9 Å². The van der Waals surface area contributed by atoms with Crippen molar-refractivity contribution in [2.24, 2.45) is 0 Å². The molecule has 3 nitrogen and oxygen atoms in total. The van der Waals surface area contributed by atoms with Crippen LogP contribution >= 0.6 is 0 Å². The molecular weight excluding hydrogens is 267 g/mol. The van der Waals surface area contributed by atoms with Gasteiger partial charge in [0.25, 0.3) is 5.91 Å². The highest BCUT2D eigenvalue weighted by molar-refractivity contribution is 5.99. The molecule has 2 aromatic carbocycles. The summed E-state index contributed by atoms with van der Waals surface area (Å²) in [6.07, 6.45) is 0.637. The van der Waals surface area contributed by atoms with E-state index in [0.29, 0.717) is 17.7 Å². The van der Waals surface area contributed by atoms with Crippen LogP contribution in [0.2, 0.25) is 0 Å². The lowest BCUT2D eigenvalue weighted by molar-refractivity contribution is 0.0941. The minimum absolute atomic E-state index is 0.0668. The van der Waals surface area contributed by atoms with Gasteiger partial charge < -0.3 is 11.1 Å². The number of anilines is 1. The van der Waals surface area contributed by atoms with E-state index >= 15 is 0 Å². The Kier molecular flexibility index (Phi) is 4.58. The Morgan fingerprint density at radius 3 is 2.57 bits per heavy atom. The van der Waals surface area contributed by atoms with Gasteiger partial charge in [-0.15, -0.1) is 0 Å². The van der Waals surface area contributed by atoms with Crippen LogP contribution in [0.3, 0.4) is 0 Å². The maximum atomic E-state index is 12.9. The Morgan fingerprint density at radius 2 is 1.90 bits per heavy atom. The number of hydrogen-bond acceptors (Lipinski definition) is 2. The van der Waals surface area contributed by atoms with Crippen molar-refractivity contribution >= 4 is 11.6 Å². The molecule has 0 aliphatic heterocycles. The third-order valence-corrected chi connectivity index (χ3v) is 3.29. The highest BCUT2D eigenvalue weighted by atomic mass is 19.1. The van der Waals surface area contributed by atoms with Crippen molar-refractivity contribution in [2.45, 2.75) is 26.3 Å². The maximum Gasteiger partial charge on any atom is 0.253 e. The number of halogens is 1. The first-order chi connectivity index (χ1) is 9.95. The zero-order valence-corrected chi connectivity index (χ0v) is 12.2. The summed E-state index contributed by atoms with van der Waals surface area (Å²) in [7, 11) is 0. The molecule has 1 amide bonds. The number of amides is 1. The molecule has 2 rings (SSSR count). The molecule has 2 aromatic rings. The van der Waals surface area contributed by atoms with Gasteiger partial charge in [-0.05, 0) is 50.1 Å². The molecule has 0 bridgehead atoms. The number of aryl methyl sites for hydroxylation is 1. The van der Waals surface area contributed by atoms with Crippen molar-refractivity contribution in [3.63, 3.8) is 0 Å². The van der Waals surface area contributed by atoms with E-state index in [1.807, 2.05) is 19.9 Å². The molecule has 0 fully saturated rings. The van der Waals surface area contributed by atoms with Crippen LogP contribution in [0.15, 0.2) is 42.5 Å². The quantitative estimate of drug-likeness (QED) is 0.849. The third-order valence-electron chi connectivity index (χ3n) is 3.29. The highest BCUT2D eigenvalue weighted by Gasteiger charge is 2.13. The smallest absolute Gasteiger partial charge is 0.253 e. The van der Waals surface area contributed by atoms with E-state index in [2.05, 4.69) is 5.32 Å². The number of carbonyl (C=O) groups excluding carboxylic acids is 1. The summed E-state index contributed by atoms with van der Waals surface area (Å²) in [5.74, 6) is -0.450. The number of nitrogen functional groups attached to an aromatic ring is 1. The standard InChI is InChI=1S/C17H19FN2O/c1-11-3-8-16(19)15(9-11)17(21)20-12(2)10-13-4-6-14(18)7-5-13/h3-9,12H,10,19H2,1-2H3,(H,20,21). The first-order valence-corrected chi connectivity index (χ1v) is 6.87. The van der Waals surface area contributed by atoms with E-state index in [9.17, 15) is 9.18 Å². The summed E-state index contributed by atoms with van der Waals surface area (Å²) < 4.78 is 12.9. The van der Waals surface area contributed by atoms with Crippen LogP contribution in [0.5, 0.6) is 0 Å². The zero-order chi connectivity index (χ0) is 15.4. The van der Waals surface area contributed by atoms with Gasteiger partial charge in [-0.2, -0.15) is 0 Å². The zero-order valence-electron chi connectivity index (χ0n) is 12.2. The minimum Gasteiger partial charge on any atom is -0.398 e. The number of rotatable bonds is 4. The van der Waals surface area contributed by atoms with E-state index in [0.717, 1.165) is 11.1 Å². The normalized spacial score (nSPS) is 12.0. The average Bonchev–Trinajstić information content (AvgIpc) is 2.44. The predicted molar refractivity (Wildman–Crippen MR) is 82.6 cm³/mol. The number of nitrogens with two attached hydrogens (primary N) is 1. The van der Waals surface area contributed by atoms with Crippen LogP contribution < -0.4 is 11.1 Å². The van der Waals surface area contributed by atoms with Crippen LogP contribution in [0.25, 0.3) is 0 Å². The van der Waals surface area contributed by atoms with Gasteiger partial charge in [0, 0.05) is 11.7 Å². The molecule has 0 aliphatic rings. The lowest BCUT2D eigenvalue weighted by atomic mass is 10.1. The summed E-state index contributed by atoms with van der Waals surface area (Å²) in [4.78, 5) is 12.2. The van der Waals surface area contributed by atoms with E-state index in [4.69, 9.17) is 5.73 Å². The molecule has 0 spiro atoms. The third kappa shape index (κ3) is 4.05. The summed E-state index contributed by atoms with van der Waals surface area (Å²) in [6, 6.07) is 11.6. The molecule has 0 saturated carbocycles. The van der Waals surface area contributed by atoms with Crippen LogP contribution in [0.4, 0.5) is 10.1 Å². The molecule has 0 saturated heterocycles. The molecule has 0 radical (unpaired) electrons.